The van der Waals surface area contributed by atoms with Gasteiger partial charge in [0.25, 0.3) is 0 Å². The molecule has 0 aliphatic carbocycles. The predicted octanol–water partition coefficient (Wildman–Crippen LogP) is 4.00. The van der Waals surface area contributed by atoms with Crippen molar-refractivity contribution < 1.29 is 0 Å². The van der Waals surface area contributed by atoms with E-state index < -0.39 is 0 Å². The first kappa shape index (κ1) is 13.6. The Morgan fingerprint density at radius 2 is 2.16 bits per heavy atom. The topological polar surface area (TPSA) is 27.0 Å². The Labute approximate surface area is 118 Å². The molecule has 98 valence electrons. The van der Waals surface area contributed by atoms with Crippen molar-refractivity contribution in [3.05, 3.63) is 51.7 Å². The summed E-state index contributed by atoms with van der Waals surface area (Å²) in [6.45, 7) is 4.26. The fraction of sp³-hybridized carbons (Fsp3) is 0.312. The second-order valence-corrected chi connectivity index (χ2v) is 5.91. The van der Waals surface area contributed by atoms with Crippen LogP contribution < -0.4 is 4.90 Å². The van der Waals surface area contributed by atoms with Crippen molar-refractivity contribution in [1.82, 2.24) is 0 Å². The van der Waals surface area contributed by atoms with Crippen LogP contribution >= 0.6 is 11.3 Å². The summed E-state index contributed by atoms with van der Waals surface area (Å²) in [5, 5.41) is 11.3. The molecule has 3 heteroatoms. The lowest BCUT2D eigenvalue weighted by Crippen LogP contribution is -2.31. The van der Waals surface area contributed by atoms with Gasteiger partial charge in [-0.15, -0.1) is 11.3 Å². The van der Waals surface area contributed by atoms with Gasteiger partial charge in [-0.05, 0) is 43.0 Å². The molecule has 0 radical (unpaired) electrons. The third-order valence-corrected chi connectivity index (χ3v) is 4.29. The van der Waals surface area contributed by atoms with Crippen LogP contribution in [-0.2, 0) is 6.42 Å². The lowest BCUT2D eigenvalue weighted by atomic mass is 10.1. The number of benzene rings is 1. The van der Waals surface area contributed by atoms with Crippen LogP contribution in [0.2, 0.25) is 0 Å². The molecule has 2 rings (SSSR count). The smallest absolute Gasteiger partial charge is 0.101 e. The molecular weight excluding hydrogens is 252 g/mol. The van der Waals surface area contributed by atoms with Crippen LogP contribution in [0.4, 0.5) is 5.69 Å². The number of hydrogen-bond acceptors (Lipinski definition) is 3. The van der Waals surface area contributed by atoms with Crippen molar-refractivity contribution in [2.75, 3.05) is 11.9 Å². The van der Waals surface area contributed by atoms with Crippen LogP contribution in [0.25, 0.3) is 0 Å². The van der Waals surface area contributed by atoms with Gasteiger partial charge in [0.2, 0.25) is 0 Å². The van der Waals surface area contributed by atoms with Crippen molar-refractivity contribution in [2.24, 2.45) is 0 Å². The zero-order valence-corrected chi connectivity index (χ0v) is 12.4. The first-order valence-corrected chi connectivity index (χ1v) is 7.25. The highest BCUT2D eigenvalue weighted by atomic mass is 32.1. The normalized spacial score (nSPS) is 11.9. The van der Waals surface area contributed by atoms with E-state index in [-0.39, 0.29) is 0 Å². The molecule has 1 atom stereocenters. The summed E-state index contributed by atoms with van der Waals surface area (Å²) in [4.78, 5) is 3.58. The molecule has 0 aliphatic rings. The summed E-state index contributed by atoms with van der Waals surface area (Å²) >= 11 is 1.79. The van der Waals surface area contributed by atoms with E-state index in [0.29, 0.717) is 6.04 Å². The zero-order valence-electron chi connectivity index (χ0n) is 11.6. The number of rotatable bonds is 4. The Hall–Kier alpha value is -1.79. The minimum absolute atomic E-state index is 0.368. The molecule has 2 nitrogen and oxygen atoms in total. The average molecular weight is 270 g/mol. The van der Waals surface area contributed by atoms with E-state index in [2.05, 4.69) is 55.4 Å². The third-order valence-electron chi connectivity index (χ3n) is 3.39. The maximum atomic E-state index is 9.22. The highest BCUT2D eigenvalue weighted by Crippen LogP contribution is 2.24. The number of anilines is 1. The van der Waals surface area contributed by atoms with E-state index in [4.69, 9.17) is 0 Å². The summed E-state index contributed by atoms with van der Waals surface area (Å²) < 4.78 is 0. The van der Waals surface area contributed by atoms with Gasteiger partial charge in [-0.25, -0.2) is 0 Å². The van der Waals surface area contributed by atoms with Crippen molar-refractivity contribution in [3.8, 4) is 6.07 Å². The van der Waals surface area contributed by atoms with Crippen LogP contribution in [0.5, 0.6) is 0 Å². The third kappa shape index (κ3) is 3.15. The number of nitrogens with zero attached hydrogens (tertiary/aromatic N) is 2. The maximum Gasteiger partial charge on any atom is 0.101 e. The number of likely N-dealkylation sites (N-methyl/N-ethyl adjacent to an activating group) is 1. The van der Waals surface area contributed by atoms with Gasteiger partial charge in [-0.1, -0.05) is 12.1 Å². The van der Waals surface area contributed by atoms with Gasteiger partial charge in [0.05, 0.1) is 11.3 Å². The van der Waals surface area contributed by atoms with E-state index in [1.165, 1.54) is 10.4 Å². The van der Waals surface area contributed by atoms with E-state index in [1.807, 2.05) is 12.1 Å². The highest BCUT2D eigenvalue weighted by Gasteiger charge is 2.14. The Bertz CT molecular complexity index is 581. The first-order valence-electron chi connectivity index (χ1n) is 6.37. The first-order chi connectivity index (χ1) is 9.11. The molecule has 0 amide bonds. The van der Waals surface area contributed by atoms with E-state index in [1.54, 1.807) is 11.3 Å². The summed E-state index contributed by atoms with van der Waals surface area (Å²) in [6.07, 6.45) is 1.01. The fourth-order valence-electron chi connectivity index (χ4n) is 2.12. The average Bonchev–Trinajstić information content (AvgIpc) is 2.90. The Kier molecular flexibility index (Phi) is 4.24. The molecule has 1 heterocycles. The second kappa shape index (κ2) is 5.90. The summed E-state index contributed by atoms with van der Waals surface area (Å²) in [6, 6.07) is 12.9. The van der Waals surface area contributed by atoms with Gasteiger partial charge in [0, 0.05) is 24.4 Å². The molecular formula is C16H18N2S. The van der Waals surface area contributed by atoms with E-state index >= 15 is 0 Å². The zero-order chi connectivity index (χ0) is 13.8. The summed E-state index contributed by atoms with van der Waals surface area (Å²) in [5.74, 6) is 0. The molecule has 0 N–H and O–H groups in total. The molecule has 0 bridgehead atoms. The van der Waals surface area contributed by atoms with Gasteiger partial charge in [-0.2, -0.15) is 5.26 Å². The largest absolute Gasteiger partial charge is 0.370 e. The minimum Gasteiger partial charge on any atom is -0.370 e. The van der Waals surface area contributed by atoms with Gasteiger partial charge >= 0.3 is 0 Å². The quantitative estimate of drug-likeness (QED) is 0.839. The number of aryl methyl sites for hydroxylation is 1. The maximum absolute atomic E-state index is 9.22. The Morgan fingerprint density at radius 1 is 1.37 bits per heavy atom. The van der Waals surface area contributed by atoms with Gasteiger partial charge in [-0.3, -0.25) is 0 Å². The molecule has 2 aromatic rings. The molecule has 0 fully saturated rings. The van der Waals surface area contributed by atoms with Crippen molar-refractivity contribution in [2.45, 2.75) is 26.3 Å². The SMILES string of the molecule is Cc1ccc(C#N)c(N(C)C(C)Cc2cccs2)c1. The summed E-state index contributed by atoms with van der Waals surface area (Å²) in [7, 11) is 2.06. The number of thiophene rings is 1. The van der Waals surface area contributed by atoms with Crippen LogP contribution in [0, 0.1) is 18.3 Å². The fourth-order valence-corrected chi connectivity index (χ4v) is 2.95. The monoisotopic (exact) mass is 270 g/mol. The van der Waals surface area contributed by atoms with Gasteiger partial charge in [0.1, 0.15) is 6.07 Å². The van der Waals surface area contributed by atoms with Crippen LogP contribution in [0.1, 0.15) is 22.9 Å². The lowest BCUT2D eigenvalue weighted by Gasteiger charge is -2.28. The Morgan fingerprint density at radius 3 is 2.79 bits per heavy atom. The van der Waals surface area contributed by atoms with Crippen LogP contribution in [-0.4, -0.2) is 13.1 Å². The molecule has 0 spiro atoms. The van der Waals surface area contributed by atoms with Crippen molar-refractivity contribution in [1.29, 1.82) is 5.26 Å². The highest BCUT2D eigenvalue weighted by molar-refractivity contribution is 7.09. The molecule has 1 aromatic heterocycles. The van der Waals surface area contributed by atoms with E-state index in [0.717, 1.165) is 17.7 Å². The minimum atomic E-state index is 0.368. The Balaban J connectivity index is 2.21. The van der Waals surface area contributed by atoms with Crippen molar-refractivity contribution >= 4 is 17.0 Å². The summed E-state index contributed by atoms with van der Waals surface area (Å²) in [5.41, 5.74) is 2.95. The van der Waals surface area contributed by atoms with Crippen LogP contribution in [0.3, 0.4) is 0 Å². The number of hydrogen-bond donors (Lipinski definition) is 0. The lowest BCUT2D eigenvalue weighted by molar-refractivity contribution is 0.687. The standard InChI is InChI=1S/C16H18N2S/c1-12-6-7-14(11-17)16(9-12)18(3)13(2)10-15-5-4-8-19-15/h4-9,13H,10H2,1-3H3. The molecule has 19 heavy (non-hydrogen) atoms. The molecule has 0 saturated carbocycles. The molecule has 1 aromatic carbocycles. The van der Waals surface area contributed by atoms with Crippen LogP contribution in [0.15, 0.2) is 35.7 Å². The molecule has 0 saturated heterocycles. The van der Waals surface area contributed by atoms with Gasteiger partial charge < -0.3 is 4.90 Å². The van der Waals surface area contributed by atoms with E-state index in [9.17, 15) is 5.26 Å². The van der Waals surface area contributed by atoms with Crippen molar-refractivity contribution in [3.63, 3.8) is 0 Å². The second-order valence-electron chi connectivity index (χ2n) is 4.88. The molecule has 0 aliphatic heterocycles. The van der Waals surface area contributed by atoms with Gasteiger partial charge in [0.15, 0.2) is 0 Å². The molecule has 1 unspecified atom stereocenters. The number of nitriles is 1. The predicted molar refractivity (Wildman–Crippen MR) is 81.8 cm³/mol.